The number of hydrogen-bond donors (Lipinski definition) is 0. The maximum atomic E-state index is 3.74. The Morgan fingerprint density at radius 3 is 2.25 bits per heavy atom. The van der Waals surface area contributed by atoms with Crippen molar-refractivity contribution in [1.82, 2.24) is 0 Å². The zero-order valence-corrected chi connectivity index (χ0v) is 8.98. The van der Waals surface area contributed by atoms with Crippen molar-refractivity contribution < 1.29 is 0 Å². The highest BCUT2D eigenvalue weighted by Gasteiger charge is 1.88. The highest BCUT2D eigenvalue weighted by atomic mass is 13.9. The molecule has 0 fully saturated rings. The molecule has 0 aliphatic rings. The van der Waals surface area contributed by atoms with Gasteiger partial charge in [0.25, 0.3) is 0 Å². The number of benzene rings is 2. The quantitative estimate of drug-likeness (QED) is 0.621. The van der Waals surface area contributed by atoms with E-state index in [1.165, 1.54) is 0 Å². The molecule has 0 saturated heterocycles. The van der Waals surface area contributed by atoms with Gasteiger partial charge in [-0.3, -0.25) is 0 Å². The van der Waals surface area contributed by atoms with Crippen LogP contribution in [0.2, 0.25) is 0 Å². The maximum absolute atomic E-state index is 3.74. The predicted octanol–water partition coefficient (Wildman–Crippen LogP) is 3.73. The van der Waals surface area contributed by atoms with E-state index in [-0.39, 0.29) is 0 Å². The topological polar surface area (TPSA) is 0 Å². The van der Waals surface area contributed by atoms with E-state index < -0.39 is 0 Å². The van der Waals surface area contributed by atoms with Gasteiger partial charge in [0.1, 0.15) is 0 Å². The van der Waals surface area contributed by atoms with Crippen LogP contribution in [0.4, 0.5) is 0 Å². The fourth-order valence-corrected chi connectivity index (χ4v) is 1.41. The van der Waals surface area contributed by atoms with Gasteiger partial charge in [0.05, 0.1) is 0 Å². The summed E-state index contributed by atoms with van der Waals surface area (Å²) in [7, 11) is 0. The lowest BCUT2D eigenvalue weighted by Crippen LogP contribution is -1.77. The van der Waals surface area contributed by atoms with Crippen molar-refractivity contribution in [2.24, 2.45) is 0 Å². The van der Waals surface area contributed by atoms with Crippen LogP contribution in [0.25, 0.3) is 6.08 Å². The van der Waals surface area contributed by atoms with Crippen LogP contribution in [0, 0.1) is 11.8 Å². The zero-order valence-electron chi connectivity index (χ0n) is 8.98. The summed E-state index contributed by atoms with van der Waals surface area (Å²) >= 11 is 0. The summed E-state index contributed by atoms with van der Waals surface area (Å²) in [6.07, 6.45) is 1.83. The van der Waals surface area contributed by atoms with Gasteiger partial charge in [-0.25, -0.2) is 0 Å². The molecule has 76 valence electrons. The molecule has 0 nitrogen and oxygen atoms in total. The van der Waals surface area contributed by atoms with Crippen LogP contribution in [-0.2, 0) is 0 Å². The molecule has 0 atom stereocenters. The second-order valence-electron chi connectivity index (χ2n) is 3.45. The van der Waals surface area contributed by atoms with E-state index in [0.29, 0.717) is 0 Å². The minimum atomic E-state index is 1.02. The lowest BCUT2D eigenvalue weighted by atomic mass is 10.1. The van der Waals surface area contributed by atoms with Gasteiger partial charge in [0.2, 0.25) is 0 Å². The third kappa shape index (κ3) is 2.62. The second kappa shape index (κ2) is 5.00. The normalized spacial score (nSPS) is 9.00. The second-order valence-corrected chi connectivity index (χ2v) is 3.45. The molecule has 16 heavy (non-hydrogen) atoms. The van der Waals surface area contributed by atoms with Crippen LogP contribution >= 0.6 is 0 Å². The first-order valence-corrected chi connectivity index (χ1v) is 5.18. The average molecular weight is 204 g/mol. The Bertz CT molecular complexity index is 539. The largest absolute Gasteiger partial charge is 0.0985 e. The first-order valence-electron chi connectivity index (χ1n) is 5.18. The van der Waals surface area contributed by atoms with Crippen molar-refractivity contribution in [1.29, 1.82) is 0 Å². The Hall–Kier alpha value is -2.26. The maximum Gasteiger partial charge on any atom is 0.0254 e. The van der Waals surface area contributed by atoms with Gasteiger partial charge < -0.3 is 0 Å². The molecule has 0 aliphatic carbocycles. The van der Waals surface area contributed by atoms with Crippen molar-refractivity contribution in [3.63, 3.8) is 0 Å². The van der Waals surface area contributed by atoms with Gasteiger partial charge in [0.15, 0.2) is 0 Å². The van der Waals surface area contributed by atoms with Gasteiger partial charge in [0, 0.05) is 11.1 Å². The van der Waals surface area contributed by atoms with Crippen LogP contribution in [0.5, 0.6) is 0 Å². The van der Waals surface area contributed by atoms with E-state index >= 15 is 0 Å². The van der Waals surface area contributed by atoms with E-state index in [1.807, 2.05) is 60.7 Å². The fraction of sp³-hybridized carbons (Fsp3) is 0. The minimum absolute atomic E-state index is 1.02. The first-order chi connectivity index (χ1) is 7.88. The van der Waals surface area contributed by atoms with Gasteiger partial charge in [-0.15, -0.1) is 0 Å². The fourth-order valence-electron chi connectivity index (χ4n) is 1.41. The van der Waals surface area contributed by atoms with E-state index in [1.54, 1.807) is 0 Å². The van der Waals surface area contributed by atoms with Crippen molar-refractivity contribution in [3.05, 3.63) is 77.9 Å². The van der Waals surface area contributed by atoms with Gasteiger partial charge in [-0.1, -0.05) is 54.8 Å². The molecule has 0 unspecified atom stereocenters. The molecule has 0 amide bonds. The smallest absolute Gasteiger partial charge is 0.0254 e. The molecule has 2 aromatic carbocycles. The third-order valence-corrected chi connectivity index (χ3v) is 2.25. The number of rotatable bonds is 1. The molecule has 0 heteroatoms. The number of hydrogen-bond acceptors (Lipinski definition) is 0. The van der Waals surface area contributed by atoms with Crippen LogP contribution < -0.4 is 0 Å². The Labute approximate surface area is 96.3 Å². The first kappa shape index (κ1) is 10.3. The summed E-state index contributed by atoms with van der Waals surface area (Å²) in [4.78, 5) is 0. The highest BCUT2D eigenvalue weighted by Crippen LogP contribution is 2.05. The summed E-state index contributed by atoms with van der Waals surface area (Å²) in [5.41, 5.74) is 3.15. The van der Waals surface area contributed by atoms with Crippen molar-refractivity contribution in [2.75, 3.05) is 0 Å². The molecule has 0 bridgehead atoms. The van der Waals surface area contributed by atoms with Crippen LogP contribution in [0.1, 0.15) is 16.7 Å². The Kier molecular flexibility index (Phi) is 3.21. The average Bonchev–Trinajstić information content (AvgIpc) is 2.38. The van der Waals surface area contributed by atoms with E-state index in [2.05, 4.69) is 18.4 Å². The standard InChI is InChI=1S/C16H12/c1-2-14-9-6-10-16(13-14)12-11-15-7-4-3-5-8-15/h2-10,13H,1H2. The molecular formula is C16H12. The lowest BCUT2D eigenvalue weighted by molar-refractivity contribution is 1.60. The highest BCUT2D eigenvalue weighted by molar-refractivity contribution is 5.52. The molecule has 0 spiro atoms. The van der Waals surface area contributed by atoms with E-state index in [9.17, 15) is 0 Å². The monoisotopic (exact) mass is 204 g/mol. The zero-order chi connectivity index (χ0) is 11.2. The van der Waals surface area contributed by atoms with Gasteiger partial charge in [-0.05, 0) is 29.8 Å². The minimum Gasteiger partial charge on any atom is -0.0985 e. The molecule has 2 aromatic rings. The van der Waals surface area contributed by atoms with Crippen molar-refractivity contribution >= 4 is 6.08 Å². The van der Waals surface area contributed by atoms with Crippen LogP contribution in [-0.4, -0.2) is 0 Å². The molecule has 0 saturated carbocycles. The Morgan fingerprint density at radius 2 is 1.50 bits per heavy atom. The van der Waals surface area contributed by atoms with Crippen molar-refractivity contribution in [3.8, 4) is 11.8 Å². The Balaban J connectivity index is 2.27. The molecule has 0 N–H and O–H groups in total. The third-order valence-electron chi connectivity index (χ3n) is 2.25. The molecule has 0 radical (unpaired) electrons. The van der Waals surface area contributed by atoms with Crippen LogP contribution in [0.15, 0.2) is 61.2 Å². The molecule has 0 aliphatic heterocycles. The van der Waals surface area contributed by atoms with E-state index in [4.69, 9.17) is 0 Å². The summed E-state index contributed by atoms with van der Waals surface area (Å²) < 4.78 is 0. The SMILES string of the molecule is C=Cc1cccc(C#Cc2ccccc2)c1. The lowest BCUT2D eigenvalue weighted by Gasteiger charge is -1.93. The van der Waals surface area contributed by atoms with E-state index in [0.717, 1.165) is 16.7 Å². The van der Waals surface area contributed by atoms with Gasteiger partial charge in [-0.2, -0.15) is 0 Å². The van der Waals surface area contributed by atoms with Crippen molar-refractivity contribution in [2.45, 2.75) is 0 Å². The van der Waals surface area contributed by atoms with Gasteiger partial charge >= 0.3 is 0 Å². The molecular weight excluding hydrogens is 192 g/mol. The summed E-state index contributed by atoms with van der Waals surface area (Å²) in [6, 6.07) is 18.0. The molecule has 2 rings (SSSR count). The molecule has 0 aromatic heterocycles. The Morgan fingerprint density at radius 1 is 0.812 bits per heavy atom. The summed E-state index contributed by atoms with van der Waals surface area (Å²) in [5, 5.41) is 0. The summed E-state index contributed by atoms with van der Waals surface area (Å²) in [5.74, 6) is 6.27. The molecule has 0 heterocycles. The predicted molar refractivity (Wildman–Crippen MR) is 69.0 cm³/mol. The van der Waals surface area contributed by atoms with Crippen LogP contribution in [0.3, 0.4) is 0 Å². The summed E-state index contributed by atoms with van der Waals surface area (Å²) in [6.45, 7) is 3.74.